The molecule has 1 fully saturated rings. The van der Waals surface area contributed by atoms with E-state index in [0.29, 0.717) is 25.4 Å². The van der Waals surface area contributed by atoms with Crippen molar-refractivity contribution in [2.45, 2.75) is 64.8 Å². The normalized spacial score (nSPS) is 16.2. The summed E-state index contributed by atoms with van der Waals surface area (Å²) in [7, 11) is 0. The van der Waals surface area contributed by atoms with Crippen LogP contribution in [-0.4, -0.2) is 45.8 Å². The third-order valence-electron chi connectivity index (χ3n) is 6.19. The molecule has 10 heteroatoms. The molecule has 2 amide bonds. The van der Waals surface area contributed by atoms with E-state index >= 15 is 0 Å². The fraction of sp³-hybridized carbons (Fsp3) is 0.542. The number of alkyl halides is 3. The Kier molecular flexibility index (Phi) is 6.35. The molecular formula is C24H29F3N4O3. The second-order valence-electron chi connectivity index (χ2n) is 9.94. The zero-order valence-electron chi connectivity index (χ0n) is 19.5. The third kappa shape index (κ3) is 5.20. The van der Waals surface area contributed by atoms with Crippen LogP contribution in [0.1, 0.15) is 67.3 Å². The van der Waals surface area contributed by atoms with E-state index in [0.717, 1.165) is 42.1 Å². The number of nitrogens with one attached hydrogen (secondary N) is 1. The molecule has 0 unspecified atom stereocenters. The van der Waals surface area contributed by atoms with Crippen LogP contribution in [-0.2, 0) is 23.9 Å². The van der Waals surface area contributed by atoms with Gasteiger partial charge in [-0.25, -0.2) is 4.79 Å². The molecule has 4 rings (SSSR count). The standard InChI is InChI=1S/C24H29F3N4O3/c1-23(2,3)34-22(33)31-11-10-17-16(8-5-9-19(17)31)14-30(13-15-6-4-7-15)21(32)18-12-20(29-28-18)24(25,26)27/h5,8-9,12,15H,4,6-7,10-11,13-14H2,1-3H3,(H,28,29). The van der Waals surface area contributed by atoms with E-state index in [4.69, 9.17) is 4.74 Å². The highest BCUT2D eigenvalue weighted by molar-refractivity contribution is 5.93. The predicted octanol–water partition coefficient (Wildman–Crippen LogP) is 5.17. The Balaban J connectivity index is 1.57. The van der Waals surface area contributed by atoms with Crippen LogP contribution >= 0.6 is 0 Å². The van der Waals surface area contributed by atoms with E-state index in [1.54, 1.807) is 9.80 Å². The van der Waals surface area contributed by atoms with Crippen molar-refractivity contribution in [2.24, 2.45) is 5.92 Å². The summed E-state index contributed by atoms with van der Waals surface area (Å²) in [6, 6.07) is 6.32. The van der Waals surface area contributed by atoms with E-state index < -0.39 is 29.5 Å². The fourth-order valence-corrected chi connectivity index (χ4v) is 4.32. The molecule has 2 aliphatic rings. The monoisotopic (exact) mass is 478 g/mol. The summed E-state index contributed by atoms with van der Waals surface area (Å²) in [6.45, 7) is 6.58. The molecule has 1 aliphatic carbocycles. The molecule has 1 aromatic heterocycles. The second kappa shape index (κ2) is 8.96. The van der Waals surface area contributed by atoms with Crippen molar-refractivity contribution in [3.63, 3.8) is 0 Å². The zero-order valence-corrected chi connectivity index (χ0v) is 19.5. The van der Waals surface area contributed by atoms with E-state index in [1.165, 1.54) is 0 Å². The average Bonchev–Trinajstić information content (AvgIpc) is 3.35. The maximum atomic E-state index is 13.2. The van der Waals surface area contributed by atoms with Gasteiger partial charge in [0.15, 0.2) is 5.69 Å². The molecule has 0 bridgehead atoms. The lowest BCUT2D eigenvalue weighted by molar-refractivity contribution is -0.141. The summed E-state index contributed by atoms with van der Waals surface area (Å²) in [5.41, 5.74) is 0.626. The van der Waals surface area contributed by atoms with E-state index in [-0.39, 0.29) is 12.2 Å². The van der Waals surface area contributed by atoms with E-state index in [2.05, 4.69) is 10.2 Å². The molecule has 0 spiro atoms. The fourth-order valence-electron chi connectivity index (χ4n) is 4.32. The number of H-pyrrole nitrogens is 1. The number of carbonyl (C=O) groups is 2. The molecule has 1 aliphatic heterocycles. The molecule has 34 heavy (non-hydrogen) atoms. The average molecular weight is 479 g/mol. The lowest BCUT2D eigenvalue weighted by Gasteiger charge is -2.32. The Bertz CT molecular complexity index is 1070. The first-order chi connectivity index (χ1) is 15.9. The summed E-state index contributed by atoms with van der Waals surface area (Å²) in [6.07, 6.45) is -1.39. The predicted molar refractivity (Wildman–Crippen MR) is 119 cm³/mol. The molecule has 1 saturated carbocycles. The summed E-state index contributed by atoms with van der Waals surface area (Å²) < 4.78 is 44.5. The van der Waals surface area contributed by atoms with Crippen molar-refractivity contribution >= 4 is 17.7 Å². The quantitative estimate of drug-likeness (QED) is 0.643. The highest BCUT2D eigenvalue weighted by Gasteiger charge is 2.36. The van der Waals surface area contributed by atoms with Crippen LogP contribution in [0.2, 0.25) is 0 Å². The van der Waals surface area contributed by atoms with Crippen LogP contribution in [0.5, 0.6) is 0 Å². The third-order valence-corrected chi connectivity index (χ3v) is 6.19. The van der Waals surface area contributed by atoms with Crippen LogP contribution in [0.25, 0.3) is 0 Å². The summed E-state index contributed by atoms with van der Waals surface area (Å²) in [5, 5.41) is 5.53. The number of halogens is 3. The number of amides is 2. The minimum absolute atomic E-state index is 0.186. The highest BCUT2D eigenvalue weighted by atomic mass is 19.4. The molecule has 184 valence electrons. The lowest BCUT2D eigenvalue weighted by Crippen LogP contribution is -2.37. The summed E-state index contributed by atoms with van der Waals surface area (Å²) in [5.74, 6) is -0.196. The van der Waals surface area contributed by atoms with Gasteiger partial charge in [-0.3, -0.25) is 14.8 Å². The molecule has 2 aromatic rings. The zero-order chi connectivity index (χ0) is 24.7. The van der Waals surface area contributed by atoms with Crippen LogP contribution < -0.4 is 4.90 Å². The smallest absolute Gasteiger partial charge is 0.435 e. The first-order valence-electron chi connectivity index (χ1n) is 11.5. The van der Waals surface area contributed by atoms with Gasteiger partial charge in [-0.2, -0.15) is 18.3 Å². The topological polar surface area (TPSA) is 78.5 Å². The van der Waals surface area contributed by atoms with Crippen molar-refractivity contribution in [3.05, 3.63) is 46.8 Å². The van der Waals surface area contributed by atoms with Crippen molar-refractivity contribution < 1.29 is 27.5 Å². The Hall–Kier alpha value is -3.04. The molecule has 1 aromatic carbocycles. The number of aromatic nitrogens is 2. The Morgan fingerprint density at radius 3 is 2.56 bits per heavy atom. The first kappa shape index (κ1) is 24.1. The van der Waals surface area contributed by atoms with Crippen molar-refractivity contribution in [3.8, 4) is 0 Å². The largest absolute Gasteiger partial charge is 0.443 e. The molecule has 1 N–H and O–H groups in total. The SMILES string of the molecule is CC(C)(C)OC(=O)N1CCc2c(CN(CC3CCC3)C(=O)c3cc(C(F)(F)F)n[nH]3)cccc21. The minimum atomic E-state index is -4.63. The van der Waals surface area contributed by atoms with Gasteiger partial charge in [0.1, 0.15) is 11.3 Å². The van der Waals surface area contributed by atoms with Gasteiger partial charge in [0.05, 0.1) is 5.69 Å². The number of benzene rings is 1. The van der Waals surface area contributed by atoms with Crippen LogP contribution in [0.15, 0.2) is 24.3 Å². The minimum Gasteiger partial charge on any atom is -0.443 e. The number of aromatic amines is 1. The number of hydrogen-bond acceptors (Lipinski definition) is 4. The number of carbonyl (C=O) groups excluding carboxylic acids is 2. The van der Waals surface area contributed by atoms with Crippen molar-refractivity contribution in [1.82, 2.24) is 15.1 Å². The number of nitrogens with zero attached hydrogens (tertiary/aromatic N) is 3. The molecular weight excluding hydrogens is 449 g/mol. The number of anilines is 1. The van der Waals surface area contributed by atoms with Gasteiger partial charge in [-0.1, -0.05) is 18.6 Å². The van der Waals surface area contributed by atoms with Gasteiger partial charge in [0, 0.05) is 25.7 Å². The van der Waals surface area contributed by atoms with Crippen LogP contribution in [0, 0.1) is 5.92 Å². The van der Waals surface area contributed by atoms with E-state index in [1.807, 2.05) is 39.0 Å². The summed E-state index contributed by atoms with van der Waals surface area (Å²) in [4.78, 5) is 29.0. The first-order valence-corrected chi connectivity index (χ1v) is 11.5. The van der Waals surface area contributed by atoms with Gasteiger partial charge in [-0.05, 0) is 63.1 Å². The van der Waals surface area contributed by atoms with Gasteiger partial charge >= 0.3 is 12.3 Å². The molecule has 0 atom stereocenters. The number of fused-ring (bicyclic) bond motifs is 1. The number of hydrogen-bond donors (Lipinski definition) is 1. The van der Waals surface area contributed by atoms with Crippen LogP contribution in [0.4, 0.5) is 23.7 Å². The van der Waals surface area contributed by atoms with Crippen LogP contribution in [0.3, 0.4) is 0 Å². The Morgan fingerprint density at radius 2 is 1.97 bits per heavy atom. The number of ether oxygens (including phenoxy) is 1. The van der Waals surface area contributed by atoms with Gasteiger partial charge in [-0.15, -0.1) is 0 Å². The Labute approximate surface area is 196 Å². The second-order valence-corrected chi connectivity index (χ2v) is 9.94. The van der Waals surface area contributed by atoms with Gasteiger partial charge in [0.2, 0.25) is 0 Å². The molecule has 7 nitrogen and oxygen atoms in total. The Morgan fingerprint density at radius 1 is 1.24 bits per heavy atom. The van der Waals surface area contributed by atoms with Gasteiger partial charge in [0.25, 0.3) is 5.91 Å². The maximum Gasteiger partial charge on any atom is 0.435 e. The van der Waals surface area contributed by atoms with Crippen molar-refractivity contribution in [1.29, 1.82) is 0 Å². The summed E-state index contributed by atoms with van der Waals surface area (Å²) >= 11 is 0. The molecule has 0 saturated heterocycles. The lowest BCUT2D eigenvalue weighted by atomic mass is 9.85. The molecule has 0 radical (unpaired) electrons. The van der Waals surface area contributed by atoms with Crippen molar-refractivity contribution in [2.75, 3.05) is 18.0 Å². The van der Waals surface area contributed by atoms with Gasteiger partial charge < -0.3 is 9.64 Å². The molecule has 2 heterocycles. The van der Waals surface area contributed by atoms with E-state index in [9.17, 15) is 22.8 Å². The highest BCUT2D eigenvalue weighted by Crippen LogP contribution is 2.34. The number of rotatable bonds is 5. The maximum absolute atomic E-state index is 13.2.